The summed E-state index contributed by atoms with van der Waals surface area (Å²) in [6, 6.07) is 12.0. The SMILES string of the molecule is [Os+4].c1cc[n+](-[n+]2ccccc2)cc1. The van der Waals surface area contributed by atoms with Gasteiger partial charge in [-0.1, -0.05) is 0 Å². The molecular formula is C10H10N2Os+6. The minimum Gasteiger partial charge on any atom is -0.0499 e. The number of pyridine rings is 2. The summed E-state index contributed by atoms with van der Waals surface area (Å²) in [4.78, 5) is 0. The van der Waals surface area contributed by atoms with Crippen molar-refractivity contribution >= 4 is 0 Å². The van der Waals surface area contributed by atoms with Crippen molar-refractivity contribution in [3.8, 4) is 0 Å². The van der Waals surface area contributed by atoms with Crippen LogP contribution in [-0.2, 0) is 19.8 Å². The molecule has 3 heteroatoms. The molecule has 2 aromatic rings. The van der Waals surface area contributed by atoms with Crippen LogP contribution in [0, 0.1) is 0 Å². The summed E-state index contributed by atoms with van der Waals surface area (Å²) in [5, 5.41) is 0. The van der Waals surface area contributed by atoms with Crippen molar-refractivity contribution in [2.45, 2.75) is 0 Å². The molecule has 2 aromatic heterocycles. The molecule has 0 fully saturated rings. The van der Waals surface area contributed by atoms with Crippen molar-refractivity contribution in [3.63, 3.8) is 0 Å². The maximum absolute atomic E-state index is 2.00. The molecule has 0 saturated heterocycles. The first-order chi connectivity index (χ1) is 5.97. The summed E-state index contributed by atoms with van der Waals surface area (Å²) >= 11 is 0. The summed E-state index contributed by atoms with van der Waals surface area (Å²) in [6.07, 6.45) is 8.00. The van der Waals surface area contributed by atoms with E-state index in [1.807, 2.05) is 70.5 Å². The van der Waals surface area contributed by atoms with Crippen molar-refractivity contribution in [1.29, 1.82) is 0 Å². The Hall–Kier alpha value is -1.06. The fourth-order valence-corrected chi connectivity index (χ4v) is 1.09. The normalized spacial score (nSPS) is 8.92. The first-order valence-electron chi connectivity index (χ1n) is 3.90. The number of nitrogens with zero attached hydrogens (tertiary/aromatic N) is 2. The third-order valence-electron chi connectivity index (χ3n) is 1.67. The van der Waals surface area contributed by atoms with Gasteiger partial charge in [0.1, 0.15) is 0 Å². The van der Waals surface area contributed by atoms with Gasteiger partial charge in [0.2, 0.25) is 24.8 Å². The second-order valence-corrected chi connectivity index (χ2v) is 2.51. The Morgan fingerprint density at radius 3 is 1.08 bits per heavy atom. The smallest absolute Gasteiger partial charge is 0.0499 e. The minimum atomic E-state index is 0. The minimum absolute atomic E-state index is 0. The van der Waals surface area contributed by atoms with Crippen LogP contribution >= 0.6 is 0 Å². The summed E-state index contributed by atoms with van der Waals surface area (Å²) in [5.41, 5.74) is 0. The molecule has 62 valence electrons. The van der Waals surface area contributed by atoms with E-state index >= 15 is 0 Å². The summed E-state index contributed by atoms with van der Waals surface area (Å²) in [5.74, 6) is 0. The molecule has 13 heavy (non-hydrogen) atoms. The number of hydrogen-bond donors (Lipinski definition) is 0. The molecular weight excluding hydrogens is 338 g/mol. The van der Waals surface area contributed by atoms with Crippen LogP contribution in [0.2, 0.25) is 0 Å². The molecule has 2 rings (SSSR count). The average molecular weight is 348 g/mol. The van der Waals surface area contributed by atoms with Crippen molar-refractivity contribution in [3.05, 3.63) is 61.2 Å². The van der Waals surface area contributed by atoms with E-state index in [-0.39, 0.29) is 19.8 Å². The molecule has 0 radical (unpaired) electrons. The monoisotopic (exact) mass is 350 g/mol. The second kappa shape index (κ2) is 4.84. The Labute approximate surface area is 90.5 Å². The van der Waals surface area contributed by atoms with E-state index in [1.54, 1.807) is 0 Å². The molecule has 0 unspecified atom stereocenters. The van der Waals surface area contributed by atoms with E-state index in [0.717, 1.165) is 0 Å². The largest absolute Gasteiger partial charge is 4.00 e. The van der Waals surface area contributed by atoms with E-state index in [4.69, 9.17) is 0 Å². The molecule has 0 spiro atoms. The Morgan fingerprint density at radius 1 is 0.462 bits per heavy atom. The molecule has 0 saturated carbocycles. The van der Waals surface area contributed by atoms with Crippen LogP contribution in [0.1, 0.15) is 0 Å². The predicted octanol–water partition coefficient (Wildman–Crippen LogP) is 0.570. The van der Waals surface area contributed by atoms with Gasteiger partial charge in [0.15, 0.2) is 0 Å². The summed E-state index contributed by atoms with van der Waals surface area (Å²) in [6.45, 7) is 0. The fourth-order valence-electron chi connectivity index (χ4n) is 1.09. The first kappa shape index (κ1) is 10.0. The van der Waals surface area contributed by atoms with Gasteiger partial charge >= 0.3 is 19.8 Å². The number of hydrogen-bond acceptors (Lipinski definition) is 0. The number of rotatable bonds is 1. The van der Waals surface area contributed by atoms with Crippen LogP contribution in [-0.4, -0.2) is 0 Å². The van der Waals surface area contributed by atoms with Gasteiger partial charge in [0.25, 0.3) is 0 Å². The van der Waals surface area contributed by atoms with Crippen molar-refractivity contribution in [2.24, 2.45) is 0 Å². The molecule has 0 aliphatic heterocycles. The molecule has 0 aromatic carbocycles. The van der Waals surface area contributed by atoms with Gasteiger partial charge in [0.05, 0.1) is 9.35 Å². The first-order valence-corrected chi connectivity index (χ1v) is 3.90. The molecule has 0 atom stereocenters. The quantitative estimate of drug-likeness (QED) is 0.666. The van der Waals surface area contributed by atoms with E-state index in [1.165, 1.54) is 0 Å². The van der Waals surface area contributed by atoms with Gasteiger partial charge in [-0.25, -0.2) is 0 Å². The Morgan fingerprint density at radius 2 is 0.769 bits per heavy atom. The molecule has 0 bridgehead atoms. The number of aromatic nitrogens is 2. The van der Waals surface area contributed by atoms with Gasteiger partial charge in [-0.2, -0.15) is 0 Å². The van der Waals surface area contributed by atoms with Gasteiger partial charge in [-0.3, -0.25) is 0 Å². The van der Waals surface area contributed by atoms with Crippen LogP contribution in [0.4, 0.5) is 0 Å². The Bertz CT molecular complexity index is 310. The molecule has 2 heterocycles. The summed E-state index contributed by atoms with van der Waals surface area (Å²) < 4.78 is 4.00. The molecule has 0 aliphatic carbocycles. The van der Waals surface area contributed by atoms with Crippen LogP contribution in [0.5, 0.6) is 0 Å². The van der Waals surface area contributed by atoms with Gasteiger partial charge in [-0.05, 0) is 12.1 Å². The maximum Gasteiger partial charge on any atom is 4.00 e. The van der Waals surface area contributed by atoms with Crippen LogP contribution in [0.3, 0.4) is 0 Å². The van der Waals surface area contributed by atoms with E-state index < -0.39 is 0 Å². The molecule has 0 amide bonds. The van der Waals surface area contributed by atoms with E-state index in [2.05, 4.69) is 0 Å². The van der Waals surface area contributed by atoms with Crippen molar-refractivity contribution in [2.75, 3.05) is 0 Å². The predicted molar refractivity (Wildman–Crippen MR) is 44.1 cm³/mol. The van der Waals surface area contributed by atoms with Crippen LogP contribution < -0.4 is 9.35 Å². The van der Waals surface area contributed by atoms with Gasteiger partial charge < -0.3 is 0 Å². The third kappa shape index (κ3) is 2.44. The van der Waals surface area contributed by atoms with Crippen molar-refractivity contribution in [1.82, 2.24) is 0 Å². The second-order valence-electron chi connectivity index (χ2n) is 2.51. The molecule has 0 N–H and O–H groups in total. The van der Waals surface area contributed by atoms with E-state index in [9.17, 15) is 0 Å². The Balaban J connectivity index is 0.000000845. The van der Waals surface area contributed by atoms with Crippen LogP contribution in [0.25, 0.3) is 0 Å². The molecule has 0 aliphatic rings. The van der Waals surface area contributed by atoms with Gasteiger partial charge in [0, 0.05) is 24.3 Å². The van der Waals surface area contributed by atoms with Crippen LogP contribution in [0.15, 0.2) is 61.2 Å². The zero-order chi connectivity index (χ0) is 8.23. The summed E-state index contributed by atoms with van der Waals surface area (Å²) in [7, 11) is 0. The topological polar surface area (TPSA) is 7.76 Å². The maximum atomic E-state index is 2.00. The molecule has 2 nitrogen and oxygen atoms in total. The standard InChI is InChI=1S/C10H10N2.Os/c1-3-7-11(8-4-1)12-9-5-2-6-10-12;/h1-10H;/q+2;+4. The zero-order valence-electron chi connectivity index (χ0n) is 7.02. The Kier molecular flexibility index (Phi) is 3.73. The van der Waals surface area contributed by atoms with Crippen molar-refractivity contribution < 1.29 is 29.1 Å². The average Bonchev–Trinajstić information content (AvgIpc) is 2.21. The van der Waals surface area contributed by atoms with Gasteiger partial charge in [-0.15, -0.1) is 0 Å². The third-order valence-corrected chi connectivity index (χ3v) is 1.67. The zero-order valence-corrected chi connectivity index (χ0v) is 9.56. The van der Waals surface area contributed by atoms with E-state index in [0.29, 0.717) is 0 Å². The fraction of sp³-hybridized carbons (Fsp3) is 0.